The van der Waals surface area contributed by atoms with Crippen LogP contribution >= 0.6 is 0 Å². The van der Waals surface area contributed by atoms with Crippen LogP contribution < -0.4 is 16.2 Å². The number of amides is 4. The Morgan fingerprint density at radius 3 is 2.42 bits per heavy atom. The van der Waals surface area contributed by atoms with Crippen LogP contribution in [0, 0.1) is 5.92 Å². The summed E-state index contributed by atoms with van der Waals surface area (Å²) in [5.74, 6) is -3.28. The number of para-hydroxylation sites is 1. The highest BCUT2D eigenvalue weighted by Crippen LogP contribution is 2.11. The molecule has 1 rings (SSSR count). The van der Waals surface area contributed by atoms with E-state index in [1.165, 1.54) is 0 Å². The zero-order valence-electron chi connectivity index (χ0n) is 14.6. The lowest BCUT2D eigenvalue weighted by molar-refractivity contribution is -0.155. The van der Waals surface area contributed by atoms with Crippen molar-refractivity contribution in [1.82, 2.24) is 15.9 Å². The summed E-state index contributed by atoms with van der Waals surface area (Å²) in [6, 6.07) is 8.39. The Morgan fingerprint density at radius 2 is 1.81 bits per heavy atom. The Morgan fingerprint density at radius 1 is 1.12 bits per heavy atom. The summed E-state index contributed by atoms with van der Waals surface area (Å²) in [5.41, 5.74) is 4.62. The average Bonchev–Trinajstić information content (AvgIpc) is 2.65. The van der Waals surface area contributed by atoms with Gasteiger partial charge in [-0.1, -0.05) is 44.4 Å². The fraction of sp³-hybridized carbons (Fsp3) is 0.412. The number of nitrogens with zero attached hydrogens (tertiary/aromatic N) is 1. The molecule has 0 heterocycles. The van der Waals surface area contributed by atoms with Crippen molar-refractivity contribution in [3.05, 3.63) is 30.3 Å². The summed E-state index contributed by atoms with van der Waals surface area (Å²) in [7, 11) is 0. The fourth-order valence-corrected chi connectivity index (χ4v) is 2.20. The molecule has 0 aromatic heterocycles. The summed E-state index contributed by atoms with van der Waals surface area (Å²) < 4.78 is 0. The normalized spacial score (nSPS) is 11.2. The van der Waals surface area contributed by atoms with Gasteiger partial charge in [0.2, 0.25) is 12.3 Å². The highest BCUT2D eigenvalue weighted by molar-refractivity contribution is 6.39. The van der Waals surface area contributed by atoms with E-state index in [9.17, 15) is 24.4 Å². The van der Waals surface area contributed by atoms with Gasteiger partial charge in [0.1, 0.15) is 0 Å². The molecule has 0 aliphatic heterocycles. The van der Waals surface area contributed by atoms with Crippen LogP contribution in [0.1, 0.15) is 32.6 Å². The number of rotatable bonds is 9. The molecule has 1 aromatic rings. The van der Waals surface area contributed by atoms with Gasteiger partial charge in [-0.3, -0.25) is 35.2 Å². The van der Waals surface area contributed by atoms with Crippen LogP contribution in [-0.2, 0) is 19.2 Å². The maximum Gasteiger partial charge on any atom is 0.328 e. The van der Waals surface area contributed by atoms with Crippen molar-refractivity contribution >= 4 is 29.8 Å². The molecule has 9 heteroatoms. The lowest BCUT2D eigenvalue weighted by Gasteiger charge is -2.19. The summed E-state index contributed by atoms with van der Waals surface area (Å²) in [6.07, 6.45) is 3.19. The first-order chi connectivity index (χ1) is 12.5. The topological polar surface area (TPSA) is 128 Å². The van der Waals surface area contributed by atoms with Crippen LogP contribution in [-0.4, -0.2) is 40.9 Å². The lowest BCUT2D eigenvalue weighted by atomic mass is 10.0. The number of unbranched alkanes of at least 4 members (excludes halogenated alkanes) is 2. The molecule has 0 aliphatic carbocycles. The molecule has 0 unspecified atom stereocenters. The Labute approximate surface area is 151 Å². The molecule has 9 nitrogen and oxygen atoms in total. The van der Waals surface area contributed by atoms with E-state index in [1.54, 1.807) is 30.3 Å². The van der Waals surface area contributed by atoms with Crippen molar-refractivity contribution in [3.63, 3.8) is 0 Å². The third-order valence-corrected chi connectivity index (χ3v) is 3.59. The predicted octanol–water partition coefficient (Wildman–Crippen LogP) is 0.817. The minimum atomic E-state index is -1.04. The van der Waals surface area contributed by atoms with E-state index >= 15 is 0 Å². The number of hydrazine groups is 1. The van der Waals surface area contributed by atoms with Crippen molar-refractivity contribution < 1.29 is 24.4 Å². The molecule has 0 saturated heterocycles. The molecule has 0 spiro atoms. The van der Waals surface area contributed by atoms with Crippen molar-refractivity contribution in [1.29, 1.82) is 0 Å². The molecule has 1 atom stereocenters. The number of hydroxylamine groups is 2. The number of anilines is 1. The van der Waals surface area contributed by atoms with Gasteiger partial charge in [-0.2, -0.15) is 0 Å². The second kappa shape index (κ2) is 11.6. The largest absolute Gasteiger partial charge is 0.328 e. The van der Waals surface area contributed by atoms with Crippen molar-refractivity contribution in [3.8, 4) is 0 Å². The first-order valence-corrected chi connectivity index (χ1v) is 8.35. The molecule has 0 fully saturated rings. The molecule has 0 bridgehead atoms. The second-order valence-corrected chi connectivity index (χ2v) is 5.68. The molecular formula is C17H24N4O5. The van der Waals surface area contributed by atoms with Crippen LogP contribution in [0.5, 0.6) is 0 Å². The van der Waals surface area contributed by atoms with E-state index in [0.717, 1.165) is 19.3 Å². The minimum Gasteiger partial charge on any atom is -0.318 e. The quantitative estimate of drug-likeness (QED) is 0.170. The monoisotopic (exact) mass is 364 g/mol. The predicted molar refractivity (Wildman–Crippen MR) is 93.5 cm³/mol. The first-order valence-electron chi connectivity index (χ1n) is 8.35. The van der Waals surface area contributed by atoms with E-state index in [4.69, 9.17) is 0 Å². The van der Waals surface area contributed by atoms with E-state index in [-0.39, 0.29) is 13.0 Å². The van der Waals surface area contributed by atoms with Crippen molar-refractivity contribution in [2.24, 2.45) is 5.92 Å². The van der Waals surface area contributed by atoms with Gasteiger partial charge in [0, 0.05) is 5.69 Å². The number of nitrogens with one attached hydrogen (secondary N) is 3. The van der Waals surface area contributed by atoms with Crippen LogP contribution in [0.2, 0.25) is 0 Å². The van der Waals surface area contributed by atoms with Gasteiger partial charge in [-0.25, -0.2) is 5.06 Å². The highest BCUT2D eigenvalue weighted by atomic mass is 16.5. The Kier molecular flexibility index (Phi) is 9.40. The van der Waals surface area contributed by atoms with Crippen molar-refractivity contribution in [2.75, 3.05) is 11.9 Å². The van der Waals surface area contributed by atoms with Gasteiger partial charge in [0.15, 0.2) is 0 Å². The molecular weight excluding hydrogens is 340 g/mol. The van der Waals surface area contributed by atoms with Gasteiger partial charge in [0.05, 0.1) is 12.5 Å². The third-order valence-electron chi connectivity index (χ3n) is 3.59. The molecule has 142 valence electrons. The Balaban J connectivity index is 2.51. The van der Waals surface area contributed by atoms with Crippen LogP contribution in [0.3, 0.4) is 0 Å². The van der Waals surface area contributed by atoms with Crippen LogP contribution in [0.25, 0.3) is 0 Å². The van der Waals surface area contributed by atoms with Gasteiger partial charge < -0.3 is 5.32 Å². The second-order valence-electron chi connectivity index (χ2n) is 5.68. The van der Waals surface area contributed by atoms with E-state index < -0.39 is 23.6 Å². The van der Waals surface area contributed by atoms with Gasteiger partial charge in [-0.05, 0) is 18.6 Å². The molecule has 0 radical (unpaired) electrons. The van der Waals surface area contributed by atoms with Crippen LogP contribution in [0.15, 0.2) is 30.3 Å². The fourth-order valence-electron chi connectivity index (χ4n) is 2.20. The molecule has 0 aliphatic rings. The molecule has 4 N–H and O–H groups in total. The zero-order chi connectivity index (χ0) is 19.4. The van der Waals surface area contributed by atoms with Crippen LogP contribution in [0.4, 0.5) is 5.69 Å². The number of carbonyl (C=O) groups is 4. The summed E-state index contributed by atoms with van der Waals surface area (Å²) in [6.45, 7) is 1.80. The zero-order valence-corrected chi connectivity index (χ0v) is 14.6. The minimum absolute atomic E-state index is 0.200. The maximum absolute atomic E-state index is 12.2. The Hall–Kier alpha value is -2.94. The SMILES string of the molecule is CCCCC[C@H](CN(O)C=O)C(=O)NNC(=O)C(=O)Nc1ccccc1. The third kappa shape index (κ3) is 7.75. The number of hydrogen-bond acceptors (Lipinski definition) is 5. The number of hydrogen-bond donors (Lipinski definition) is 4. The maximum atomic E-state index is 12.2. The summed E-state index contributed by atoms with van der Waals surface area (Å²) in [5, 5.41) is 12.1. The molecule has 26 heavy (non-hydrogen) atoms. The van der Waals surface area contributed by atoms with E-state index in [2.05, 4.69) is 10.7 Å². The standard InChI is InChI=1S/C17H24N4O5/c1-2-3-5-8-13(11-21(26)12-22)15(23)19-20-17(25)16(24)18-14-9-6-4-7-10-14/h4,6-7,9-10,12-13,26H,2-3,5,8,11H2,1H3,(H,18,24)(H,19,23)(H,20,25)/t13-/m1/s1. The van der Waals surface area contributed by atoms with E-state index in [1.807, 2.05) is 12.3 Å². The summed E-state index contributed by atoms with van der Waals surface area (Å²) in [4.78, 5) is 46.2. The smallest absolute Gasteiger partial charge is 0.318 e. The highest BCUT2D eigenvalue weighted by Gasteiger charge is 2.22. The molecule has 0 saturated carbocycles. The van der Waals surface area contributed by atoms with E-state index in [0.29, 0.717) is 17.2 Å². The van der Waals surface area contributed by atoms with Gasteiger partial charge in [0.25, 0.3) is 0 Å². The Bertz CT molecular complexity index is 608. The number of carbonyl (C=O) groups excluding carboxylic acids is 4. The van der Waals surface area contributed by atoms with Crippen molar-refractivity contribution in [2.45, 2.75) is 32.6 Å². The first kappa shape index (κ1) is 21.1. The van der Waals surface area contributed by atoms with Gasteiger partial charge in [-0.15, -0.1) is 0 Å². The molecule has 4 amide bonds. The molecule has 1 aromatic carbocycles. The number of benzene rings is 1. The summed E-state index contributed by atoms with van der Waals surface area (Å²) >= 11 is 0. The average molecular weight is 364 g/mol. The lowest BCUT2D eigenvalue weighted by Crippen LogP contribution is -2.50. The van der Waals surface area contributed by atoms with Gasteiger partial charge >= 0.3 is 11.8 Å².